The van der Waals surface area contributed by atoms with Crippen molar-refractivity contribution in [2.24, 2.45) is 7.05 Å². The maximum Gasteiger partial charge on any atom is 0.338 e. The second kappa shape index (κ2) is 6.51. The fourth-order valence-corrected chi connectivity index (χ4v) is 3.21. The van der Waals surface area contributed by atoms with Crippen LogP contribution in [0.2, 0.25) is 0 Å². The van der Waals surface area contributed by atoms with E-state index in [0.717, 1.165) is 22.0 Å². The highest BCUT2D eigenvalue weighted by atomic mass is 16.6. The van der Waals surface area contributed by atoms with Crippen molar-refractivity contribution in [2.75, 3.05) is 14.2 Å². The van der Waals surface area contributed by atoms with Gasteiger partial charge in [-0.25, -0.2) is 4.79 Å². The number of carbonyl (C=O) groups is 1. The van der Waals surface area contributed by atoms with Crippen LogP contribution in [0.25, 0.3) is 22.0 Å². The van der Waals surface area contributed by atoms with Crippen molar-refractivity contribution in [1.82, 2.24) is 4.57 Å². The Labute approximate surface area is 149 Å². The molecule has 1 heterocycles. The predicted molar refractivity (Wildman–Crippen MR) is 97.6 cm³/mol. The van der Waals surface area contributed by atoms with E-state index in [0.29, 0.717) is 16.9 Å². The minimum Gasteiger partial charge on any atom is -0.496 e. The molecular formula is C19H18N2O5. The second-order valence-electron chi connectivity index (χ2n) is 5.92. The van der Waals surface area contributed by atoms with Gasteiger partial charge in [0.25, 0.3) is 5.69 Å². The van der Waals surface area contributed by atoms with Crippen molar-refractivity contribution in [3.8, 4) is 16.9 Å². The molecule has 0 fully saturated rings. The van der Waals surface area contributed by atoms with E-state index in [4.69, 9.17) is 9.47 Å². The number of hydrogen-bond donors (Lipinski definition) is 0. The molecule has 0 saturated carbocycles. The number of rotatable bonds is 4. The van der Waals surface area contributed by atoms with Crippen LogP contribution in [0.5, 0.6) is 5.75 Å². The summed E-state index contributed by atoms with van der Waals surface area (Å²) in [5.74, 6) is 0.0906. The second-order valence-corrected chi connectivity index (χ2v) is 5.92. The summed E-state index contributed by atoms with van der Waals surface area (Å²) in [6.45, 7) is 1.78. The highest BCUT2D eigenvalue weighted by Gasteiger charge is 2.20. The smallest absolute Gasteiger partial charge is 0.338 e. The van der Waals surface area contributed by atoms with Crippen LogP contribution in [0, 0.1) is 17.0 Å². The number of hydrogen-bond acceptors (Lipinski definition) is 5. The average Bonchev–Trinajstić information content (AvgIpc) is 2.96. The van der Waals surface area contributed by atoms with Crippen LogP contribution >= 0.6 is 0 Å². The summed E-state index contributed by atoms with van der Waals surface area (Å²) < 4.78 is 12.3. The van der Waals surface area contributed by atoms with E-state index in [2.05, 4.69) is 0 Å². The lowest BCUT2D eigenvalue weighted by atomic mass is 9.97. The maximum atomic E-state index is 11.9. The standard InChI is InChI=1S/C19H18N2O5/c1-11-13(19(22)26-4)6-7-14(18(11)25-3)16-10-20(2)17-8-5-12(21(23)24)9-15(16)17/h5-10H,1-4H3. The van der Waals surface area contributed by atoms with E-state index >= 15 is 0 Å². The number of nitro groups is 1. The first-order valence-corrected chi connectivity index (χ1v) is 7.88. The van der Waals surface area contributed by atoms with Crippen molar-refractivity contribution in [2.45, 2.75) is 6.92 Å². The van der Waals surface area contributed by atoms with Gasteiger partial charge < -0.3 is 14.0 Å². The number of non-ortho nitro benzene ring substituents is 1. The molecule has 0 spiro atoms. The summed E-state index contributed by atoms with van der Waals surface area (Å²) in [5, 5.41) is 11.9. The van der Waals surface area contributed by atoms with Crippen LogP contribution in [0.1, 0.15) is 15.9 Å². The molecule has 3 aromatic rings. The summed E-state index contributed by atoms with van der Waals surface area (Å²) in [7, 11) is 4.73. The molecule has 7 heteroatoms. The SMILES string of the molecule is COC(=O)c1ccc(-c2cn(C)c3ccc([N+](=O)[O-])cc23)c(OC)c1C. The van der Waals surface area contributed by atoms with Crippen molar-refractivity contribution in [3.05, 3.63) is 57.8 Å². The summed E-state index contributed by atoms with van der Waals surface area (Å²) in [6, 6.07) is 8.20. The van der Waals surface area contributed by atoms with Gasteiger partial charge in [-0.3, -0.25) is 10.1 Å². The zero-order valence-corrected chi connectivity index (χ0v) is 14.9. The molecule has 26 heavy (non-hydrogen) atoms. The molecule has 134 valence electrons. The van der Waals surface area contributed by atoms with Gasteiger partial charge in [0.15, 0.2) is 0 Å². The van der Waals surface area contributed by atoms with Gasteiger partial charge in [0.1, 0.15) is 5.75 Å². The van der Waals surface area contributed by atoms with Crippen molar-refractivity contribution in [3.63, 3.8) is 0 Å². The Hall–Kier alpha value is -3.35. The molecule has 3 rings (SSSR count). The maximum absolute atomic E-state index is 11.9. The molecule has 0 saturated heterocycles. The van der Waals surface area contributed by atoms with Crippen LogP contribution in [0.15, 0.2) is 36.5 Å². The highest BCUT2D eigenvalue weighted by molar-refractivity contribution is 6.00. The fraction of sp³-hybridized carbons (Fsp3) is 0.211. The average molecular weight is 354 g/mol. The first-order chi connectivity index (χ1) is 12.4. The minimum absolute atomic E-state index is 0.0202. The third kappa shape index (κ3) is 2.67. The molecular weight excluding hydrogens is 336 g/mol. The number of nitrogens with zero attached hydrogens (tertiary/aromatic N) is 2. The summed E-state index contributed by atoms with van der Waals surface area (Å²) in [5.41, 5.74) is 3.50. The number of fused-ring (bicyclic) bond motifs is 1. The molecule has 0 aliphatic carbocycles. The lowest BCUT2D eigenvalue weighted by Crippen LogP contribution is -2.05. The topological polar surface area (TPSA) is 83.6 Å². The Bertz CT molecular complexity index is 1040. The van der Waals surface area contributed by atoms with E-state index in [9.17, 15) is 14.9 Å². The minimum atomic E-state index is -0.444. The first kappa shape index (κ1) is 17.5. The summed E-state index contributed by atoms with van der Waals surface area (Å²) >= 11 is 0. The molecule has 0 atom stereocenters. The van der Waals surface area contributed by atoms with Crippen molar-refractivity contribution in [1.29, 1.82) is 0 Å². The Morgan fingerprint density at radius 2 is 1.88 bits per heavy atom. The van der Waals surface area contributed by atoms with Gasteiger partial charge in [0.2, 0.25) is 0 Å². The Morgan fingerprint density at radius 1 is 1.15 bits per heavy atom. The summed E-state index contributed by atoms with van der Waals surface area (Å²) in [6.07, 6.45) is 1.89. The lowest BCUT2D eigenvalue weighted by molar-refractivity contribution is -0.384. The lowest BCUT2D eigenvalue weighted by Gasteiger charge is -2.14. The fourth-order valence-electron chi connectivity index (χ4n) is 3.21. The van der Waals surface area contributed by atoms with Crippen molar-refractivity contribution >= 4 is 22.6 Å². The van der Waals surface area contributed by atoms with E-state index in [-0.39, 0.29) is 5.69 Å². The van der Waals surface area contributed by atoms with Crippen molar-refractivity contribution < 1.29 is 19.2 Å². The van der Waals surface area contributed by atoms with E-state index < -0.39 is 10.9 Å². The van der Waals surface area contributed by atoms with Crippen LogP contribution < -0.4 is 4.74 Å². The predicted octanol–water partition coefficient (Wildman–Crippen LogP) is 3.86. The largest absolute Gasteiger partial charge is 0.496 e. The van der Waals surface area contributed by atoms with Gasteiger partial charge >= 0.3 is 5.97 Å². The zero-order valence-electron chi connectivity index (χ0n) is 14.9. The third-order valence-electron chi connectivity index (χ3n) is 4.49. The number of aromatic nitrogens is 1. The Balaban J connectivity index is 2.30. The molecule has 2 aromatic carbocycles. The van der Waals surface area contributed by atoms with Gasteiger partial charge in [0, 0.05) is 53.0 Å². The van der Waals surface area contributed by atoms with Crippen LogP contribution in [0.4, 0.5) is 5.69 Å². The van der Waals surface area contributed by atoms with Crippen LogP contribution in [-0.4, -0.2) is 29.7 Å². The molecule has 0 aliphatic heterocycles. The highest BCUT2D eigenvalue weighted by Crippen LogP contribution is 2.40. The first-order valence-electron chi connectivity index (χ1n) is 7.88. The number of methoxy groups -OCH3 is 2. The van der Waals surface area contributed by atoms with E-state index in [1.165, 1.54) is 20.3 Å². The molecule has 0 amide bonds. The Kier molecular flexibility index (Phi) is 4.38. The van der Waals surface area contributed by atoms with E-state index in [1.807, 2.05) is 17.8 Å². The molecule has 0 bridgehead atoms. The quantitative estimate of drug-likeness (QED) is 0.404. The normalized spacial score (nSPS) is 10.8. The number of nitro benzene ring substituents is 1. The van der Waals surface area contributed by atoms with Gasteiger partial charge in [-0.1, -0.05) is 0 Å². The molecule has 0 unspecified atom stereocenters. The van der Waals surface area contributed by atoms with Gasteiger partial charge in [-0.05, 0) is 25.1 Å². The van der Waals surface area contributed by atoms with Gasteiger partial charge in [-0.15, -0.1) is 0 Å². The molecule has 0 aliphatic rings. The molecule has 7 nitrogen and oxygen atoms in total. The number of carbonyl (C=O) groups excluding carboxylic acids is 1. The number of benzene rings is 2. The van der Waals surface area contributed by atoms with Gasteiger partial charge in [0.05, 0.1) is 24.7 Å². The summed E-state index contributed by atoms with van der Waals surface area (Å²) in [4.78, 5) is 22.7. The Morgan fingerprint density at radius 3 is 2.50 bits per heavy atom. The monoisotopic (exact) mass is 354 g/mol. The third-order valence-corrected chi connectivity index (χ3v) is 4.49. The van der Waals surface area contributed by atoms with Crippen LogP contribution in [0.3, 0.4) is 0 Å². The zero-order chi connectivity index (χ0) is 19.0. The molecule has 1 aromatic heterocycles. The van der Waals surface area contributed by atoms with E-state index in [1.54, 1.807) is 31.2 Å². The molecule has 0 radical (unpaired) electrons. The number of esters is 1. The number of aryl methyl sites for hydroxylation is 1. The number of ether oxygens (including phenoxy) is 2. The van der Waals surface area contributed by atoms with Gasteiger partial charge in [-0.2, -0.15) is 0 Å². The van der Waals surface area contributed by atoms with Crippen LogP contribution in [-0.2, 0) is 11.8 Å². The molecule has 0 N–H and O–H groups in total.